The van der Waals surface area contributed by atoms with Crippen molar-refractivity contribution in [3.8, 4) is 0 Å². The first-order chi connectivity index (χ1) is 13.2. The molecule has 0 radical (unpaired) electrons. The summed E-state index contributed by atoms with van der Waals surface area (Å²) in [4.78, 5) is 0.199. The molecule has 0 spiro atoms. The number of nitrogens with zero attached hydrogens (tertiary/aromatic N) is 1. The maximum absolute atomic E-state index is 12.7. The zero-order chi connectivity index (χ0) is 20.4. The molecule has 0 saturated carbocycles. The fourth-order valence-corrected chi connectivity index (χ4v) is 6.27. The Morgan fingerprint density at radius 2 is 1.57 bits per heavy atom. The topological polar surface area (TPSA) is 83.6 Å². The number of hydrogen-bond donors (Lipinski definition) is 1. The molecule has 1 aliphatic heterocycles. The molecule has 2 aromatic carbocycles. The van der Waals surface area contributed by atoms with Gasteiger partial charge in [0, 0.05) is 19.1 Å². The molecule has 1 saturated heterocycles. The third-order valence-electron chi connectivity index (χ3n) is 4.56. The van der Waals surface area contributed by atoms with Gasteiger partial charge < -0.3 is 0 Å². The van der Waals surface area contributed by atoms with Gasteiger partial charge in [0.25, 0.3) is 0 Å². The number of rotatable bonds is 6. The van der Waals surface area contributed by atoms with Crippen molar-refractivity contribution in [2.24, 2.45) is 0 Å². The molecule has 6 nitrogen and oxygen atoms in total. The highest BCUT2D eigenvalue weighted by atomic mass is 35.5. The van der Waals surface area contributed by atoms with Crippen LogP contribution in [0.1, 0.15) is 18.4 Å². The predicted molar refractivity (Wildman–Crippen MR) is 110 cm³/mol. The minimum atomic E-state index is -3.62. The van der Waals surface area contributed by atoms with Crippen LogP contribution in [0.25, 0.3) is 0 Å². The van der Waals surface area contributed by atoms with E-state index in [2.05, 4.69) is 4.72 Å². The second-order valence-electron chi connectivity index (χ2n) is 6.61. The van der Waals surface area contributed by atoms with E-state index in [1.54, 1.807) is 36.4 Å². The summed E-state index contributed by atoms with van der Waals surface area (Å²) in [6, 6.07) is 12.6. The van der Waals surface area contributed by atoms with Crippen molar-refractivity contribution in [2.75, 3.05) is 13.1 Å². The van der Waals surface area contributed by atoms with Gasteiger partial charge in [-0.1, -0.05) is 47.5 Å². The van der Waals surface area contributed by atoms with Gasteiger partial charge in [0.2, 0.25) is 20.0 Å². The van der Waals surface area contributed by atoms with Gasteiger partial charge in [0.1, 0.15) is 0 Å². The van der Waals surface area contributed by atoms with Crippen LogP contribution in [0.5, 0.6) is 0 Å². The van der Waals surface area contributed by atoms with Gasteiger partial charge in [-0.2, -0.15) is 0 Å². The van der Waals surface area contributed by atoms with Gasteiger partial charge in [-0.05, 0) is 42.7 Å². The number of piperidine rings is 1. The lowest BCUT2D eigenvalue weighted by atomic mass is 10.1. The third-order valence-corrected chi connectivity index (χ3v) is 8.68. The molecule has 0 bridgehead atoms. The Morgan fingerprint density at radius 3 is 2.18 bits per heavy atom. The fourth-order valence-electron chi connectivity index (χ4n) is 3.07. The molecule has 1 aliphatic rings. The summed E-state index contributed by atoms with van der Waals surface area (Å²) < 4.78 is 54.2. The zero-order valence-electron chi connectivity index (χ0n) is 14.9. The van der Waals surface area contributed by atoms with E-state index < -0.39 is 20.0 Å². The second-order valence-corrected chi connectivity index (χ2v) is 11.1. The Labute approximate surface area is 175 Å². The Hall–Kier alpha value is -1.16. The van der Waals surface area contributed by atoms with Crippen LogP contribution >= 0.6 is 23.2 Å². The van der Waals surface area contributed by atoms with Crippen molar-refractivity contribution in [2.45, 2.75) is 29.5 Å². The summed E-state index contributed by atoms with van der Waals surface area (Å²) in [5, 5.41) is 0.678. The summed E-state index contributed by atoms with van der Waals surface area (Å²) in [5.41, 5.74) is 0.557. The highest BCUT2D eigenvalue weighted by Gasteiger charge is 2.30. The average Bonchev–Trinajstić information content (AvgIpc) is 2.65. The number of sulfonamides is 2. The molecule has 10 heteroatoms. The minimum absolute atomic E-state index is 0.176. The molecule has 2 aromatic rings. The van der Waals surface area contributed by atoms with Crippen molar-refractivity contribution in [3.05, 3.63) is 64.1 Å². The van der Waals surface area contributed by atoms with Crippen molar-refractivity contribution in [1.82, 2.24) is 9.03 Å². The van der Waals surface area contributed by atoms with E-state index in [9.17, 15) is 16.8 Å². The third kappa shape index (κ3) is 5.25. The summed E-state index contributed by atoms with van der Waals surface area (Å²) in [6.45, 7) is 0.511. The first-order valence-corrected chi connectivity index (χ1v) is 12.5. The average molecular weight is 463 g/mol. The van der Waals surface area contributed by atoms with Gasteiger partial charge in [-0.3, -0.25) is 0 Å². The SMILES string of the molecule is O=S(=O)(NC1CCN(S(=O)(=O)Cc2ccc(Cl)c(Cl)c2)CC1)c1ccccc1. The molecule has 0 atom stereocenters. The van der Waals surface area contributed by atoms with Crippen LogP contribution in [-0.2, 0) is 25.8 Å². The lowest BCUT2D eigenvalue weighted by molar-refractivity contribution is 0.308. The van der Waals surface area contributed by atoms with E-state index in [0.29, 0.717) is 28.5 Å². The molecule has 0 aromatic heterocycles. The first-order valence-electron chi connectivity index (χ1n) is 8.66. The fraction of sp³-hybridized carbons (Fsp3) is 0.333. The quantitative estimate of drug-likeness (QED) is 0.713. The highest BCUT2D eigenvalue weighted by Crippen LogP contribution is 2.25. The van der Waals surface area contributed by atoms with Gasteiger partial charge in [-0.15, -0.1) is 0 Å². The van der Waals surface area contributed by atoms with Crippen LogP contribution in [0.3, 0.4) is 0 Å². The molecule has 152 valence electrons. The Kier molecular flexibility index (Phi) is 6.69. The second kappa shape index (κ2) is 8.69. The number of halogens is 2. The monoisotopic (exact) mass is 462 g/mol. The molecule has 0 amide bonds. The molecule has 1 heterocycles. The summed E-state index contributed by atoms with van der Waals surface area (Å²) >= 11 is 11.8. The number of benzene rings is 2. The Morgan fingerprint density at radius 1 is 0.929 bits per heavy atom. The van der Waals surface area contributed by atoms with Crippen LogP contribution in [0.15, 0.2) is 53.4 Å². The van der Waals surface area contributed by atoms with Gasteiger partial charge >= 0.3 is 0 Å². The van der Waals surface area contributed by atoms with E-state index >= 15 is 0 Å². The Bertz CT molecular complexity index is 1040. The number of hydrogen-bond acceptors (Lipinski definition) is 4. The smallest absolute Gasteiger partial charge is 0.212 e. The van der Waals surface area contributed by atoms with Crippen LogP contribution in [0, 0.1) is 0 Å². The molecular formula is C18H20Cl2N2O4S2. The first kappa shape index (κ1) is 21.5. The lowest BCUT2D eigenvalue weighted by Gasteiger charge is -2.31. The van der Waals surface area contributed by atoms with Crippen molar-refractivity contribution >= 4 is 43.2 Å². The molecule has 3 rings (SSSR count). The van der Waals surface area contributed by atoms with Gasteiger partial charge in [-0.25, -0.2) is 25.9 Å². The van der Waals surface area contributed by atoms with Crippen molar-refractivity contribution < 1.29 is 16.8 Å². The summed E-state index contributed by atoms with van der Waals surface area (Å²) in [7, 11) is -7.15. The molecule has 28 heavy (non-hydrogen) atoms. The van der Waals surface area contributed by atoms with E-state index in [4.69, 9.17) is 23.2 Å². The summed E-state index contributed by atoms with van der Waals surface area (Å²) in [5.74, 6) is -0.176. The van der Waals surface area contributed by atoms with Crippen LogP contribution in [0.4, 0.5) is 0 Å². The largest absolute Gasteiger partial charge is 0.240 e. The van der Waals surface area contributed by atoms with Crippen LogP contribution < -0.4 is 4.72 Å². The molecule has 0 aliphatic carbocycles. The normalized spacial score (nSPS) is 16.9. The maximum Gasteiger partial charge on any atom is 0.240 e. The Balaban J connectivity index is 1.60. The summed E-state index contributed by atoms with van der Waals surface area (Å²) in [6.07, 6.45) is 0.819. The molecular weight excluding hydrogens is 443 g/mol. The lowest BCUT2D eigenvalue weighted by Crippen LogP contribution is -2.46. The zero-order valence-corrected chi connectivity index (χ0v) is 18.0. The van der Waals surface area contributed by atoms with E-state index in [1.165, 1.54) is 16.4 Å². The van der Waals surface area contributed by atoms with Gasteiger partial charge in [0.15, 0.2) is 0 Å². The van der Waals surface area contributed by atoms with E-state index in [1.807, 2.05) is 0 Å². The van der Waals surface area contributed by atoms with Crippen molar-refractivity contribution in [1.29, 1.82) is 0 Å². The molecule has 1 N–H and O–H groups in total. The van der Waals surface area contributed by atoms with Crippen molar-refractivity contribution in [3.63, 3.8) is 0 Å². The predicted octanol–water partition coefficient (Wildman–Crippen LogP) is 3.27. The van der Waals surface area contributed by atoms with Crippen LogP contribution in [0.2, 0.25) is 10.0 Å². The highest BCUT2D eigenvalue weighted by molar-refractivity contribution is 7.89. The minimum Gasteiger partial charge on any atom is -0.212 e. The van der Waals surface area contributed by atoms with Gasteiger partial charge in [0.05, 0.1) is 20.7 Å². The number of nitrogens with one attached hydrogen (secondary N) is 1. The standard InChI is InChI=1S/C18H20Cl2N2O4S2/c19-17-7-6-14(12-18(17)20)13-27(23,24)22-10-8-15(9-11-22)21-28(25,26)16-4-2-1-3-5-16/h1-7,12,15,21H,8-11,13H2. The van der Waals surface area contributed by atoms with Crippen LogP contribution in [-0.4, -0.2) is 40.3 Å². The molecule has 0 unspecified atom stereocenters. The maximum atomic E-state index is 12.7. The molecule has 1 fully saturated rings. The van der Waals surface area contributed by atoms with E-state index in [0.717, 1.165) is 0 Å². The van der Waals surface area contributed by atoms with E-state index in [-0.39, 0.29) is 29.8 Å².